The lowest BCUT2D eigenvalue weighted by molar-refractivity contribution is 0.108. The van der Waals surface area contributed by atoms with E-state index in [0.717, 1.165) is 0 Å². The molecule has 5 heteroatoms. The van der Waals surface area contributed by atoms with Crippen molar-refractivity contribution < 1.29 is 9.13 Å². The van der Waals surface area contributed by atoms with Crippen molar-refractivity contribution in [3.63, 3.8) is 0 Å². The van der Waals surface area contributed by atoms with E-state index in [1.807, 2.05) is 18.9 Å². The van der Waals surface area contributed by atoms with Gasteiger partial charge in [-0.1, -0.05) is 23.7 Å². The summed E-state index contributed by atoms with van der Waals surface area (Å²) in [5.41, 5.74) is 6.27. The first-order valence-electron chi connectivity index (χ1n) is 6.03. The van der Waals surface area contributed by atoms with Gasteiger partial charge in [-0.25, -0.2) is 4.39 Å². The predicted molar refractivity (Wildman–Crippen MR) is 72.3 cm³/mol. The molecule has 1 aromatic rings. The van der Waals surface area contributed by atoms with Crippen molar-refractivity contribution in [1.82, 2.24) is 4.90 Å². The van der Waals surface area contributed by atoms with Gasteiger partial charge in [-0.3, -0.25) is 4.90 Å². The van der Waals surface area contributed by atoms with Crippen LogP contribution < -0.4 is 5.73 Å². The van der Waals surface area contributed by atoms with E-state index in [-0.39, 0.29) is 11.1 Å². The normalized spacial score (nSPS) is 13.0. The second-order valence-corrected chi connectivity index (χ2v) is 4.48. The maximum atomic E-state index is 13.9. The molecule has 1 rings (SSSR count). The van der Waals surface area contributed by atoms with Gasteiger partial charge in [0.2, 0.25) is 0 Å². The van der Waals surface area contributed by atoms with Gasteiger partial charge in [0.25, 0.3) is 0 Å². The predicted octanol–water partition coefficient (Wildman–Crippen LogP) is 2.45. The molecule has 0 aliphatic heterocycles. The van der Waals surface area contributed by atoms with Crippen molar-refractivity contribution in [1.29, 1.82) is 0 Å². The molecule has 2 N–H and O–H groups in total. The standard InChI is InChI=1S/C13H20ClFN2O/c1-3-18-8-7-17(2)12(9-16)10-5-4-6-11(14)13(10)15/h4-6,12H,3,7-9,16H2,1-2H3. The van der Waals surface area contributed by atoms with Crippen molar-refractivity contribution >= 4 is 11.6 Å². The summed E-state index contributed by atoms with van der Waals surface area (Å²) in [4.78, 5) is 1.98. The summed E-state index contributed by atoms with van der Waals surface area (Å²) in [6, 6.07) is 4.80. The van der Waals surface area contributed by atoms with Gasteiger partial charge in [0, 0.05) is 31.3 Å². The molecule has 1 unspecified atom stereocenters. The third-order valence-corrected chi connectivity index (χ3v) is 3.18. The molecule has 0 bridgehead atoms. The molecule has 0 saturated carbocycles. The second kappa shape index (κ2) is 7.69. The van der Waals surface area contributed by atoms with Crippen LogP contribution in [-0.2, 0) is 4.74 Å². The van der Waals surface area contributed by atoms with Gasteiger partial charge in [0.1, 0.15) is 5.82 Å². The van der Waals surface area contributed by atoms with Crippen LogP contribution in [-0.4, -0.2) is 38.3 Å². The van der Waals surface area contributed by atoms with Gasteiger partial charge in [0.05, 0.1) is 11.6 Å². The van der Waals surface area contributed by atoms with Crippen molar-refractivity contribution in [2.75, 3.05) is 33.4 Å². The summed E-state index contributed by atoms with van der Waals surface area (Å²) in [7, 11) is 1.90. The number of likely N-dealkylation sites (N-methyl/N-ethyl adjacent to an activating group) is 1. The number of nitrogens with two attached hydrogens (primary N) is 1. The van der Waals surface area contributed by atoms with E-state index in [4.69, 9.17) is 22.1 Å². The number of hydrogen-bond acceptors (Lipinski definition) is 3. The number of rotatable bonds is 7. The van der Waals surface area contributed by atoms with Gasteiger partial charge in [0.15, 0.2) is 0 Å². The summed E-state index contributed by atoms with van der Waals surface area (Å²) in [6.45, 7) is 4.25. The Morgan fingerprint density at radius 2 is 2.22 bits per heavy atom. The minimum atomic E-state index is -0.391. The zero-order valence-electron chi connectivity index (χ0n) is 10.8. The lowest BCUT2D eigenvalue weighted by Crippen LogP contribution is -2.33. The first-order chi connectivity index (χ1) is 8.61. The molecule has 1 aromatic carbocycles. The van der Waals surface area contributed by atoms with Gasteiger partial charge < -0.3 is 10.5 Å². The molecule has 0 radical (unpaired) electrons. The van der Waals surface area contributed by atoms with Gasteiger partial charge >= 0.3 is 0 Å². The minimum absolute atomic E-state index is 0.129. The van der Waals surface area contributed by atoms with Crippen LogP contribution in [0.15, 0.2) is 18.2 Å². The highest BCUT2D eigenvalue weighted by atomic mass is 35.5. The van der Waals surface area contributed by atoms with Crippen LogP contribution >= 0.6 is 11.6 Å². The molecule has 0 aliphatic carbocycles. The highest BCUT2D eigenvalue weighted by molar-refractivity contribution is 6.30. The van der Waals surface area contributed by atoms with Crippen LogP contribution in [0.1, 0.15) is 18.5 Å². The first-order valence-corrected chi connectivity index (χ1v) is 6.41. The Hall–Kier alpha value is -0.680. The average molecular weight is 275 g/mol. The molecule has 0 saturated heterocycles. The highest BCUT2D eigenvalue weighted by Gasteiger charge is 2.20. The van der Waals surface area contributed by atoms with Crippen LogP contribution in [0, 0.1) is 5.82 Å². The van der Waals surface area contributed by atoms with Crippen molar-refractivity contribution in [2.45, 2.75) is 13.0 Å². The largest absolute Gasteiger partial charge is 0.380 e. The zero-order chi connectivity index (χ0) is 13.5. The Labute approximate surface area is 113 Å². The molecule has 0 amide bonds. The van der Waals surface area contributed by atoms with E-state index in [9.17, 15) is 4.39 Å². The Bertz CT molecular complexity index is 376. The Morgan fingerprint density at radius 3 is 2.83 bits per heavy atom. The molecular formula is C13H20ClFN2O. The maximum Gasteiger partial charge on any atom is 0.146 e. The van der Waals surface area contributed by atoms with Crippen LogP contribution in [0.2, 0.25) is 5.02 Å². The lowest BCUT2D eigenvalue weighted by atomic mass is 10.1. The summed E-state index contributed by atoms with van der Waals surface area (Å²) in [5, 5.41) is 0.129. The molecule has 102 valence electrons. The van der Waals surface area contributed by atoms with E-state index in [1.54, 1.807) is 12.1 Å². The van der Waals surface area contributed by atoms with Gasteiger partial charge in [-0.15, -0.1) is 0 Å². The number of halogens is 2. The van der Waals surface area contributed by atoms with Crippen molar-refractivity contribution in [2.24, 2.45) is 5.73 Å². The van der Waals surface area contributed by atoms with Crippen molar-refractivity contribution in [3.05, 3.63) is 34.6 Å². The van der Waals surface area contributed by atoms with Crippen LogP contribution in [0.25, 0.3) is 0 Å². The summed E-state index contributed by atoms with van der Waals surface area (Å²) in [6.07, 6.45) is 0. The Balaban J connectivity index is 2.78. The second-order valence-electron chi connectivity index (χ2n) is 4.07. The molecule has 0 aromatic heterocycles. The average Bonchev–Trinajstić information content (AvgIpc) is 2.36. The van der Waals surface area contributed by atoms with Crippen LogP contribution in [0.4, 0.5) is 4.39 Å². The smallest absolute Gasteiger partial charge is 0.146 e. The minimum Gasteiger partial charge on any atom is -0.380 e. The third kappa shape index (κ3) is 3.92. The third-order valence-electron chi connectivity index (χ3n) is 2.89. The van der Waals surface area contributed by atoms with Crippen LogP contribution in [0.3, 0.4) is 0 Å². The summed E-state index contributed by atoms with van der Waals surface area (Å²) >= 11 is 5.79. The molecule has 3 nitrogen and oxygen atoms in total. The van der Waals surface area contributed by atoms with Crippen LogP contribution in [0.5, 0.6) is 0 Å². The number of nitrogens with zero attached hydrogens (tertiary/aromatic N) is 1. The molecule has 0 aliphatic rings. The fraction of sp³-hybridized carbons (Fsp3) is 0.538. The zero-order valence-corrected chi connectivity index (χ0v) is 11.6. The molecule has 0 heterocycles. The Kier molecular flexibility index (Phi) is 6.57. The summed E-state index contributed by atoms with van der Waals surface area (Å²) < 4.78 is 19.2. The lowest BCUT2D eigenvalue weighted by Gasteiger charge is -2.27. The molecule has 0 spiro atoms. The van der Waals surface area contributed by atoms with E-state index >= 15 is 0 Å². The highest BCUT2D eigenvalue weighted by Crippen LogP contribution is 2.25. The number of hydrogen-bond donors (Lipinski definition) is 1. The first kappa shape index (κ1) is 15.4. The summed E-state index contributed by atoms with van der Waals surface area (Å²) in [5.74, 6) is -0.391. The van der Waals surface area contributed by atoms with E-state index < -0.39 is 5.82 Å². The monoisotopic (exact) mass is 274 g/mol. The molecule has 0 fully saturated rings. The van der Waals surface area contributed by atoms with E-state index in [0.29, 0.717) is 31.9 Å². The van der Waals surface area contributed by atoms with E-state index in [1.165, 1.54) is 6.07 Å². The fourth-order valence-corrected chi connectivity index (χ4v) is 2.01. The number of ether oxygens (including phenoxy) is 1. The molecular weight excluding hydrogens is 255 g/mol. The molecule has 18 heavy (non-hydrogen) atoms. The fourth-order valence-electron chi connectivity index (χ4n) is 1.83. The maximum absolute atomic E-state index is 13.9. The van der Waals surface area contributed by atoms with E-state index in [2.05, 4.69) is 0 Å². The SMILES string of the molecule is CCOCCN(C)C(CN)c1cccc(Cl)c1F. The molecule has 1 atom stereocenters. The number of benzene rings is 1. The Morgan fingerprint density at radius 1 is 1.50 bits per heavy atom. The van der Waals surface area contributed by atoms with Crippen molar-refractivity contribution in [3.8, 4) is 0 Å². The quantitative estimate of drug-likeness (QED) is 0.776. The van der Waals surface area contributed by atoms with Gasteiger partial charge in [-0.2, -0.15) is 0 Å². The van der Waals surface area contributed by atoms with Gasteiger partial charge in [-0.05, 0) is 20.0 Å². The topological polar surface area (TPSA) is 38.5 Å².